The Labute approximate surface area is 140 Å². The van der Waals surface area contributed by atoms with Gasteiger partial charge < -0.3 is 5.32 Å². The van der Waals surface area contributed by atoms with Crippen molar-refractivity contribution in [3.8, 4) is 0 Å². The minimum absolute atomic E-state index is 0.0649. The first-order valence-electron chi connectivity index (χ1n) is 6.88. The summed E-state index contributed by atoms with van der Waals surface area (Å²) in [6, 6.07) is 5.62. The van der Waals surface area contributed by atoms with E-state index >= 15 is 0 Å². The van der Waals surface area contributed by atoms with E-state index in [-0.39, 0.29) is 11.5 Å². The fourth-order valence-electron chi connectivity index (χ4n) is 2.05. The van der Waals surface area contributed by atoms with Crippen LogP contribution in [-0.2, 0) is 5.41 Å². The number of anilines is 1. The lowest BCUT2D eigenvalue weighted by Gasteiger charge is -2.17. The van der Waals surface area contributed by atoms with Gasteiger partial charge in [0.25, 0.3) is 0 Å². The van der Waals surface area contributed by atoms with Crippen LogP contribution in [0.15, 0.2) is 18.2 Å². The molecular weight excluding hydrogens is 323 g/mol. The molecule has 1 heterocycles. The number of benzene rings is 1. The summed E-state index contributed by atoms with van der Waals surface area (Å²) in [6.45, 7) is 10.7. The van der Waals surface area contributed by atoms with Crippen molar-refractivity contribution >= 4 is 40.2 Å². The molecule has 1 aromatic carbocycles. The zero-order chi connectivity index (χ0) is 15.8. The Bertz CT molecular complexity index is 624. The average Bonchev–Trinajstić information content (AvgIpc) is 2.76. The summed E-state index contributed by atoms with van der Waals surface area (Å²) in [4.78, 5) is 5.92. The third-order valence-corrected chi connectivity index (χ3v) is 5.59. The molecule has 1 N–H and O–H groups in total. The minimum atomic E-state index is 0.0649. The number of para-hydroxylation sites is 1. The zero-order valence-electron chi connectivity index (χ0n) is 12.9. The highest BCUT2D eigenvalue weighted by atomic mass is 35.5. The van der Waals surface area contributed by atoms with Crippen molar-refractivity contribution in [3.05, 3.63) is 43.8 Å². The maximum Gasteiger partial charge on any atom is 0.0985 e. The number of thiazole rings is 1. The van der Waals surface area contributed by atoms with Gasteiger partial charge in [-0.05, 0) is 26.0 Å². The van der Waals surface area contributed by atoms with Gasteiger partial charge in [0, 0.05) is 10.3 Å². The molecule has 0 radical (unpaired) electrons. The molecule has 0 saturated heterocycles. The van der Waals surface area contributed by atoms with Gasteiger partial charge in [-0.1, -0.05) is 50.0 Å². The number of nitrogens with zero attached hydrogens (tertiary/aromatic N) is 1. The molecule has 2 nitrogen and oxygen atoms in total. The molecule has 2 rings (SSSR count). The standard InChI is InChI=1S/C16H20Cl2N2S/c1-9(19-13-11(17)7-6-8-12(13)18)14-10(2)20-15(21-14)16(3,4)5/h6-9,19H,1-5H3. The number of halogens is 2. The van der Waals surface area contributed by atoms with Gasteiger partial charge in [0.05, 0.1) is 32.5 Å². The van der Waals surface area contributed by atoms with Crippen molar-refractivity contribution in [1.82, 2.24) is 4.98 Å². The molecule has 0 aliphatic carbocycles. The summed E-state index contributed by atoms with van der Waals surface area (Å²) in [5.41, 5.74) is 1.90. The van der Waals surface area contributed by atoms with Crippen molar-refractivity contribution in [1.29, 1.82) is 0 Å². The summed E-state index contributed by atoms with van der Waals surface area (Å²) < 4.78 is 0. The van der Waals surface area contributed by atoms with Gasteiger partial charge >= 0.3 is 0 Å². The number of hydrogen-bond donors (Lipinski definition) is 1. The van der Waals surface area contributed by atoms with Gasteiger partial charge in [-0.3, -0.25) is 0 Å². The Balaban J connectivity index is 2.29. The highest BCUT2D eigenvalue weighted by Crippen LogP contribution is 2.37. The number of aryl methyl sites for hydroxylation is 1. The maximum atomic E-state index is 6.22. The molecule has 2 aromatic rings. The number of aromatic nitrogens is 1. The fourth-order valence-corrected chi connectivity index (χ4v) is 3.68. The normalized spacial score (nSPS) is 13.3. The van der Waals surface area contributed by atoms with E-state index in [1.54, 1.807) is 11.3 Å². The van der Waals surface area contributed by atoms with Crippen molar-refractivity contribution in [3.63, 3.8) is 0 Å². The van der Waals surface area contributed by atoms with Crippen LogP contribution in [0.5, 0.6) is 0 Å². The summed E-state index contributed by atoms with van der Waals surface area (Å²) in [5.74, 6) is 0. The minimum Gasteiger partial charge on any atom is -0.375 e. The van der Waals surface area contributed by atoms with Gasteiger partial charge in [0.1, 0.15) is 0 Å². The smallest absolute Gasteiger partial charge is 0.0985 e. The first kappa shape index (κ1) is 16.6. The van der Waals surface area contributed by atoms with Gasteiger partial charge in [0.15, 0.2) is 0 Å². The van der Waals surface area contributed by atoms with Gasteiger partial charge in [-0.2, -0.15) is 0 Å². The molecule has 0 aliphatic rings. The Hall–Kier alpha value is -0.770. The quantitative estimate of drug-likeness (QED) is 0.715. The molecule has 0 bridgehead atoms. The van der Waals surface area contributed by atoms with E-state index in [2.05, 4.69) is 33.0 Å². The van der Waals surface area contributed by atoms with Crippen LogP contribution in [0, 0.1) is 6.92 Å². The first-order valence-corrected chi connectivity index (χ1v) is 8.45. The molecule has 21 heavy (non-hydrogen) atoms. The zero-order valence-corrected chi connectivity index (χ0v) is 15.2. The number of rotatable bonds is 3. The molecule has 0 aliphatic heterocycles. The van der Waals surface area contributed by atoms with Gasteiger partial charge in [-0.15, -0.1) is 11.3 Å². The molecule has 0 amide bonds. The van der Waals surface area contributed by atoms with E-state index in [1.807, 2.05) is 25.1 Å². The summed E-state index contributed by atoms with van der Waals surface area (Å²) in [5, 5.41) is 5.82. The van der Waals surface area contributed by atoms with Crippen LogP contribution in [0.1, 0.15) is 49.3 Å². The second-order valence-corrected chi connectivity index (χ2v) is 8.03. The Morgan fingerprint density at radius 3 is 2.24 bits per heavy atom. The third-order valence-electron chi connectivity index (χ3n) is 3.19. The molecular formula is C16H20Cl2N2S. The Morgan fingerprint density at radius 1 is 1.19 bits per heavy atom. The SMILES string of the molecule is Cc1nc(C(C)(C)C)sc1C(C)Nc1c(Cl)cccc1Cl. The second-order valence-electron chi connectivity index (χ2n) is 6.18. The van der Waals surface area contributed by atoms with E-state index in [1.165, 1.54) is 4.88 Å². The Morgan fingerprint density at radius 2 is 1.76 bits per heavy atom. The molecule has 1 unspecified atom stereocenters. The van der Waals surface area contributed by atoms with E-state index in [0.717, 1.165) is 16.4 Å². The monoisotopic (exact) mass is 342 g/mol. The van der Waals surface area contributed by atoms with E-state index in [0.29, 0.717) is 10.0 Å². The average molecular weight is 343 g/mol. The van der Waals surface area contributed by atoms with Crippen LogP contribution in [0.4, 0.5) is 5.69 Å². The van der Waals surface area contributed by atoms with Crippen LogP contribution >= 0.6 is 34.5 Å². The molecule has 1 atom stereocenters. The summed E-state index contributed by atoms with van der Waals surface area (Å²) >= 11 is 14.2. The Kier molecular flexibility index (Phi) is 4.86. The van der Waals surface area contributed by atoms with E-state index in [4.69, 9.17) is 28.2 Å². The maximum absolute atomic E-state index is 6.22. The van der Waals surface area contributed by atoms with Crippen molar-refractivity contribution in [2.45, 2.75) is 46.1 Å². The van der Waals surface area contributed by atoms with Crippen LogP contribution in [-0.4, -0.2) is 4.98 Å². The lowest BCUT2D eigenvalue weighted by atomic mass is 9.98. The molecule has 0 spiro atoms. The van der Waals surface area contributed by atoms with Crippen LogP contribution < -0.4 is 5.32 Å². The number of nitrogens with one attached hydrogen (secondary N) is 1. The lowest BCUT2D eigenvalue weighted by Crippen LogP contribution is -2.10. The topological polar surface area (TPSA) is 24.9 Å². The molecule has 1 aromatic heterocycles. The van der Waals surface area contributed by atoms with E-state index < -0.39 is 0 Å². The van der Waals surface area contributed by atoms with Gasteiger partial charge in [0.2, 0.25) is 0 Å². The predicted molar refractivity (Wildman–Crippen MR) is 94.1 cm³/mol. The third kappa shape index (κ3) is 3.71. The molecule has 0 saturated carbocycles. The second kappa shape index (κ2) is 6.15. The number of hydrogen-bond acceptors (Lipinski definition) is 3. The largest absolute Gasteiger partial charge is 0.375 e. The van der Waals surface area contributed by atoms with Crippen molar-refractivity contribution in [2.24, 2.45) is 0 Å². The molecule has 5 heteroatoms. The van der Waals surface area contributed by atoms with Crippen LogP contribution in [0.3, 0.4) is 0 Å². The van der Waals surface area contributed by atoms with Gasteiger partial charge in [-0.25, -0.2) is 4.98 Å². The van der Waals surface area contributed by atoms with Crippen molar-refractivity contribution < 1.29 is 0 Å². The summed E-state index contributed by atoms with van der Waals surface area (Å²) in [7, 11) is 0. The van der Waals surface area contributed by atoms with Crippen LogP contribution in [0.25, 0.3) is 0 Å². The fraction of sp³-hybridized carbons (Fsp3) is 0.438. The molecule has 114 valence electrons. The lowest BCUT2D eigenvalue weighted by molar-refractivity contribution is 0.584. The van der Waals surface area contributed by atoms with E-state index in [9.17, 15) is 0 Å². The predicted octanol–water partition coefficient (Wildman–Crippen LogP) is 6.23. The van der Waals surface area contributed by atoms with Crippen LogP contribution in [0.2, 0.25) is 10.0 Å². The summed E-state index contributed by atoms with van der Waals surface area (Å²) in [6.07, 6.45) is 0. The highest BCUT2D eigenvalue weighted by Gasteiger charge is 2.23. The highest BCUT2D eigenvalue weighted by molar-refractivity contribution is 7.12. The molecule has 0 fully saturated rings. The van der Waals surface area contributed by atoms with Crippen molar-refractivity contribution in [2.75, 3.05) is 5.32 Å². The first-order chi connectivity index (χ1) is 9.70.